The van der Waals surface area contributed by atoms with E-state index in [2.05, 4.69) is 62.6 Å². The Labute approximate surface area is 117 Å². The number of hydrogen-bond acceptors (Lipinski definition) is 6. The van der Waals surface area contributed by atoms with E-state index in [4.69, 9.17) is 5.26 Å². The maximum Gasteiger partial charge on any atom is 0.250 e. The zero-order valence-electron chi connectivity index (χ0n) is 7.47. The Morgan fingerprint density at radius 2 is 1.81 bits per heavy atom. The van der Waals surface area contributed by atoms with Gasteiger partial charge in [-0.05, 0) is 47.8 Å². The molecule has 16 heavy (non-hydrogen) atoms. The van der Waals surface area contributed by atoms with Crippen molar-refractivity contribution in [1.29, 1.82) is 0 Å². The molecule has 1 heterocycles. The Morgan fingerprint density at radius 3 is 2.19 bits per heavy atom. The molecular formula is C6H5Br3N2O4S. The van der Waals surface area contributed by atoms with Crippen LogP contribution in [0.3, 0.4) is 0 Å². The average molecular weight is 441 g/mol. The number of alkyl halides is 3. The molecule has 0 bridgehead atoms. The van der Waals surface area contributed by atoms with Gasteiger partial charge in [-0.3, -0.25) is 5.26 Å². The Balaban J connectivity index is 3.08. The van der Waals surface area contributed by atoms with Crippen molar-refractivity contribution in [3.05, 3.63) is 18.0 Å². The molecule has 0 spiro atoms. The molecule has 0 saturated carbocycles. The predicted molar refractivity (Wildman–Crippen MR) is 66.1 cm³/mol. The summed E-state index contributed by atoms with van der Waals surface area (Å²) in [6.45, 7) is -0.109. The van der Waals surface area contributed by atoms with Crippen LogP contribution in [-0.2, 0) is 21.3 Å². The van der Waals surface area contributed by atoms with Crippen molar-refractivity contribution in [2.75, 3.05) is 0 Å². The van der Waals surface area contributed by atoms with E-state index < -0.39 is 11.3 Å². The first kappa shape index (κ1) is 14.5. The lowest BCUT2D eigenvalue weighted by Gasteiger charge is -2.11. The Hall–Kier alpha value is 0.390. The summed E-state index contributed by atoms with van der Waals surface area (Å²) in [5.74, 6) is 0. The molecule has 0 unspecified atom stereocenters. The van der Waals surface area contributed by atoms with Gasteiger partial charge in [0.15, 0.2) is 0 Å². The summed E-state index contributed by atoms with van der Waals surface area (Å²) in [5, 5.41) is 7.82. The first-order valence-electron chi connectivity index (χ1n) is 3.67. The van der Waals surface area contributed by atoms with Gasteiger partial charge >= 0.3 is 0 Å². The van der Waals surface area contributed by atoms with Gasteiger partial charge in [-0.2, -0.15) is 0 Å². The maximum absolute atomic E-state index is 11.8. The Morgan fingerprint density at radius 1 is 1.31 bits per heavy atom. The molecule has 0 aliphatic rings. The molecular weight excluding hydrogens is 436 g/mol. The maximum atomic E-state index is 11.8. The molecule has 90 valence electrons. The smallest absolute Gasteiger partial charge is 0.250 e. The molecule has 0 radical (unpaired) electrons. The second kappa shape index (κ2) is 5.36. The molecule has 6 nitrogen and oxygen atoms in total. The van der Waals surface area contributed by atoms with Crippen LogP contribution in [0.5, 0.6) is 0 Å². The Kier molecular flexibility index (Phi) is 4.84. The van der Waals surface area contributed by atoms with Crippen molar-refractivity contribution < 1.29 is 18.6 Å². The number of halogens is 3. The molecule has 0 fully saturated rings. The lowest BCUT2D eigenvalue weighted by atomic mass is 10.4. The van der Waals surface area contributed by atoms with Crippen LogP contribution in [0, 0.1) is 0 Å². The standard InChI is InChI=1S/C6H5Br3N2O4S/c7-6(8,9)16(13,14)5-10-1-4(2-11-5)3-15-12/h1-2,12H,3H2. The summed E-state index contributed by atoms with van der Waals surface area (Å²) in [6.07, 6.45) is 2.49. The summed E-state index contributed by atoms with van der Waals surface area (Å²) in [4.78, 5) is 11.2. The average Bonchev–Trinajstić information content (AvgIpc) is 2.17. The molecule has 0 aromatic carbocycles. The van der Waals surface area contributed by atoms with Gasteiger partial charge in [0.2, 0.25) is 16.5 Å². The van der Waals surface area contributed by atoms with E-state index in [-0.39, 0.29) is 11.8 Å². The topological polar surface area (TPSA) is 89.4 Å². The van der Waals surface area contributed by atoms with E-state index >= 15 is 0 Å². The zero-order chi connectivity index (χ0) is 12.4. The molecule has 0 amide bonds. The number of hydrogen-bond donors (Lipinski definition) is 1. The van der Waals surface area contributed by atoms with Crippen LogP contribution >= 0.6 is 47.8 Å². The summed E-state index contributed by atoms with van der Waals surface area (Å²) in [7, 11) is -3.78. The van der Waals surface area contributed by atoms with Gasteiger partial charge in [0.25, 0.3) is 0 Å². The third-order valence-electron chi connectivity index (χ3n) is 1.46. The SMILES string of the molecule is O=S(=O)(c1ncc(COO)cn1)C(Br)(Br)Br. The predicted octanol–water partition coefficient (Wildman–Crippen LogP) is 2.04. The molecule has 1 N–H and O–H groups in total. The highest BCUT2D eigenvalue weighted by Gasteiger charge is 2.39. The van der Waals surface area contributed by atoms with Crippen molar-refractivity contribution in [3.8, 4) is 0 Å². The fourth-order valence-electron chi connectivity index (χ4n) is 0.734. The second-order valence-corrected chi connectivity index (χ2v) is 12.9. The van der Waals surface area contributed by atoms with Crippen molar-refractivity contribution in [2.45, 2.75) is 13.2 Å². The van der Waals surface area contributed by atoms with Gasteiger partial charge in [-0.15, -0.1) is 0 Å². The first-order valence-corrected chi connectivity index (χ1v) is 7.54. The van der Waals surface area contributed by atoms with Gasteiger partial charge in [0, 0.05) is 18.0 Å². The lowest BCUT2D eigenvalue weighted by molar-refractivity contribution is -0.253. The molecule has 0 atom stereocenters. The van der Waals surface area contributed by atoms with Crippen LogP contribution in [0.1, 0.15) is 5.56 Å². The monoisotopic (exact) mass is 438 g/mol. The second-order valence-electron chi connectivity index (χ2n) is 2.60. The number of sulfone groups is 1. The molecule has 1 rings (SSSR count). The highest BCUT2D eigenvalue weighted by atomic mass is 80.0. The van der Waals surface area contributed by atoms with Gasteiger partial charge in [-0.1, -0.05) is 0 Å². The first-order chi connectivity index (χ1) is 7.29. The molecule has 0 aliphatic carbocycles. The van der Waals surface area contributed by atoms with Crippen molar-refractivity contribution >= 4 is 57.6 Å². The minimum absolute atomic E-state index is 0.109. The van der Waals surface area contributed by atoms with Crippen molar-refractivity contribution in [3.63, 3.8) is 0 Å². The zero-order valence-corrected chi connectivity index (χ0v) is 13.0. The third kappa shape index (κ3) is 3.20. The van der Waals surface area contributed by atoms with E-state index in [0.717, 1.165) is 0 Å². The molecule has 1 aromatic rings. The fraction of sp³-hybridized carbons (Fsp3) is 0.333. The number of rotatable bonds is 3. The third-order valence-corrected chi connectivity index (χ3v) is 6.59. The fourth-order valence-corrected chi connectivity index (χ4v) is 2.63. The number of nitrogens with zero attached hydrogens (tertiary/aromatic N) is 2. The van der Waals surface area contributed by atoms with E-state index in [1.54, 1.807) is 0 Å². The van der Waals surface area contributed by atoms with Crippen LogP contribution in [0.2, 0.25) is 0 Å². The van der Waals surface area contributed by atoms with Crippen LogP contribution < -0.4 is 0 Å². The van der Waals surface area contributed by atoms with Gasteiger partial charge in [0.05, 0.1) is 0 Å². The van der Waals surface area contributed by atoms with Crippen LogP contribution in [0.15, 0.2) is 17.6 Å². The summed E-state index contributed by atoms with van der Waals surface area (Å²) < 4.78 is 22.0. The van der Waals surface area contributed by atoms with E-state index in [1.807, 2.05) is 0 Å². The van der Waals surface area contributed by atoms with Crippen LogP contribution in [0.4, 0.5) is 0 Å². The molecule has 10 heteroatoms. The minimum Gasteiger partial charge on any atom is -0.251 e. The van der Waals surface area contributed by atoms with Gasteiger partial charge < -0.3 is 0 Å². The van der Waals surface area contributed by atoms with E-state index in [1.165, 1.54) is 12.4 Å². The largest absolute Gasteiger partial charge is 0.251 e. The highest BCUT2D eigenvalue weighted by molar-refractivity contribution is 9.42. The van der Waals surface area contributed by atoms with Crippen LogP contribution in [-0.4, -0.2) is 25.1 Å². The molecule has 0 saturated heterocycles. The van der Waals surface area contributed by atoms with Crippen LogP contribution in [0.25, 0.3) is 0 Å². The number of aromatic nitrogens is 2. The van der Waals surface area contributed by atoms with Crippen molar-refractivity contribution in [2.24, 2.45) is 0 Å². The quantitative estimate of drug-likeness (QED) is 0.335. The van der Waals surface area contributed by atoms with Crippen molar-refractivity contribution in [1.82, 2.24) is 9.97 Å². The minimum atomic E-state index is -3.78. The lowest BCUT2D eigenvalue weighted by Crippen LogP contribution is -2.20. The highest BCUT2D eigenvalue weighted by Crippen LogP contribution is 2.41. The van der Waals surface area contributed by atoms with Gasteiger partial charge in [-0.25, -0.2) is 23.3 Å². The summed E-state index contributed by atoms with van der Waals surface area (Å²) in [5.41, 5.74) is 0.450. The summed E-state index contributed by atoms with van der Waals surface area (Å²) in [6, 6.07) is 0. The molecule has 1 aromatic heterocycles. The Bertz CT molecular complexity index is 456. The van der Waals surface area contributed by atoms with E-state index in [9.17, 15) is 8.42 Å². The molecule has 0 aliphatic heterocycles. The normalized spacial score (nSPS) is 12.8. The van der Waals surface area contributed by atoms with Gasteiger partial charge in [0.1, 0.15) is 6.61 Å². The summed E-state index contributed by atoms with van der Waals surface area (Å²) >= 11 is 8.66. The van der Waals surface area contributed by atoms with E-state index in [0.29, 0.717) is 5.56 Å².